The van der Waals surface area contributed by atoms with E-state index >= 15 is 0 Å². The van der Waals surface area contributed by atoms with Crippen molar-refractivity contribution in [3.63, 3.8) is 0 Å². The SMILES string of the molecule is CN=C(NCc1c(OC)cc(OC)cc1OC)N1CCC(N2CCOCC2)C1.I. The summed E-state index contributed by atoms with van der Waals surface area (Å²) < 4.78 is 21.9. The number of halogens is 1. The van der Waals surface area contributed by atoms with Crippen LogP contribution in [0, 0.1) is 0 Å². The van der Waals surface area contributed by atoms with Gasteiger partial charge in [-0.1, -0.05) is 0 Å². The molecule has 0 radical (unpaired) electrons. The minimum Gasteiger partial charge on any atom is -0.496 e. The lowest BCUT2D eigenvalue weighted by Gasteiger charge is -2.32. The predicted octanol–water partition coefficient (Wildman–Crippen LogP) is 1.81. The van der Waals surface area contributed by atoms with E-state index in [0.717, 1.165) is 68.8 Å². The molecule has 3 rings (SSSR count). The number of methoxy groups -OCH3 is 3. The van der Waals surface area contributed by atoms with Crippen LogP contribution in [0.15, 0.2) is 17.1 Å². The number of guanidine groups is 1. The van der Waals surface area contributed by atoms with E-state index in [9.17, 15) is 0 Å². The number of nitrogens with one attached hydrogen (secondary N) is 1. The fourth-order valence-electron chi connectivity index (χ4n) is 3.93. The molecule has 2 aliphatic heterocycles. The van der Waals surface area contributed by atoms with Crippen LogP contribution in [-0.4, -0.2) is 89.6 Å². The highest BCUT2D eigenvalue weighted by Crippen LogP contribution is 2.34. The van der Waals surface area contributed by atoms with Gasteiger partial charge in [0.05, 0.1) is 46.7 Å². The maximum Gasteiger partial charge on any atom is 0.193 e. The summed E-state index contributed by atoms with van der Waals surface area (Å²) in [5.41, 5.74) is 0.941. The van der Waals surface area contributed by atoms with Crippen molar-refractivity contribution in [1.82, 2.24) is 15.1 Å². The van der Waals surface area contributed by atoms with E-state index in [0.29, 0.717) is 18.3 Å². The maximum absolute atomic E-state index is 5.55. The molecule has 1 unspecified atom stereocenters. The van der Waals surface area contributed by atoms with Crippen LogP contribution in [0.4, 0.5) is 0 Å². The molecular weight excluding hydrogens is 487 g/mol. The highest BCUT2D eigenvalue weighted by molar-refractivity contribution is 14.0. The summed E-state index contributed by atoms with van der Waals surface area (Å²) in [6, 6.07) is 4.30. The van der Waals surface area contributed by atoms with Crippen LogP contribution >= 0.6 is 24.0 Å². The molecule has 1 aromatic carbocycles. The fourth-order valence-corrected chi connectivity index (χ4v) is 3.93. The Balaban J connectivity index is 0.00000300. The van der Waals surface area contributed by atoms with Crippen molar-refractivity contribution in [3.8, 4) is 17.2 Å². The molecule has 2 aliphatic rings. The Morgan fingerprint density at radius 2 is 1.76 bits per heavy atom. The summed E-state index contributed by atoms with van der Waals surface area (Å²) in [5, 5.41) is 3.47. The molecule has 164 valence electrons. The first-order chi connectivity index (χ1) is 13.7. The largest absolute Gasteiger partial charge is 0.496 e. The van der Waals surface area contributed by atoms with Crippen LogP contribution in [0.25, 0.3) is 0 Å². The van der Waals surface area contributed by atoms with Gasteiger partial charge in [-0.3, -0.25) is 9.89 Å². The van der Waals surface area contributed by atoms with Crippen LogP contribution in [-0.2, 0) is 11.3 Å². The van der Waals surface area contributed by atoms with E-state index < -0.39 is 0 Å². The third-order valence-corrected chi connectivity index (χ3v) is 5.48. The summed E-state index contributed by atoms with van der Waals surface area (Å²) in [6.07, 6.45) is 1.15. The Labute approximate surface area is 190 Å². The first-order valence-corrected chi connectivity index (χ1v) is 9.76. The number of hydrogen-bond acceptors (Lipinski definition) is 6. The number of rotatable bonds is 6. The van der Waals surface area contributed by atoms with Gasteiger partial charge in [-0.05, 0) is 6.42 Å². The average Bonchev–Trinajstić information content (AvgIpc) is 3.24. The van der Waals surface area contributed by atoms with Crippen molar-refractivity contribution in [1.29, 1.82) is 0 Å². The topological polar surface area (TPSA) is 67.8 Å². The van der Waals surface area contributed by atoms with Gasteiger partial charge in [0.2, 0.25) is 0 Å². The molecule has 1 N–H and O–H groups in total. The van der Waals surface area contributed by atoms with Gasteiger partial charge in [0.15, 0.2) is 5.96 Å². The van der Waals surface area contributed by atoms with Gasteiger partial charge in [0.1, 0.15) is 17.2 Å². The number of aliphatic imine (C=N–C) groups is 1. The predicted molar refractivity (Wildman–Crippen MR) is 124 cm³/mol. The molecule has 0 bridgehead atoms. The number of morpholine rings is 1. The molecule has 0 amide bonds. The fraction of sp³-hybridized carbons (Fsp3) is 0.650. The van der Waals surface area contributed by atoms with E-state index in [4.69, 9.17) is 18.9 Å². The summed E-state index contributed by atoms with van der Waals surface area (Å²) in [7, 11) is 6.76. The van der Waals surface area contributed by atoms with E-state index in [1.807, 2.05) is 19.2 Å². The van der Waals surface area contributed by atoms with Crippen molar-refractivity contribution >= 4 is 29.9 Å². The van der Waals surface area contributed by atoms with Gasteiger partial charge in [-0.25, -0.2) is 0 Å². The van der Waals surface area contributed by atoms with E-state index in [2.05, 4.69) is 20.1 Å². The molecular formula is C20H33IN4O4. The molecule has 2 saturated heterocycles. The van der Waals surface area contributed by atoms with Gasteiger partial charge in [-0.2, -0.15) is 0 Å². The lowest BCUT2D eigenvalue weighted by molar-refractivity contribution is 0.0195. The van der Waals surface area contributed by atoms with Gasteiger partial charge >= 0.3 is 0 Å². The monoisotopic (exact) mass is 520 g/mol. The van der Waals surface area contributed by atoms with Crippen molar-refractivity contribution in [2.45, 2.75) is 19.0 Å². The van der Waals surface area contributed by atoms with Crippen LogP contribution < -0.4 is 19.5 Å². The zero-order chi connectivity index (χ0) is 19.9. The number of nitrogens with zero attached hydrogens (tertiary/aromatic N) is 3. The van der Waals surface area contributed by atoms with Gasteiger partial charge in [-0.15, -0.1) is 24.0 Å². The number of ether oxygens (including phenoxy) is 4. The van der Waals surface area contributed by atoms with Crippen LogP contribution in [0.3, 0.4) is 0 Å². The second-order valence-corrected chi connectivity index (χ2v) is 6.95. The third kappa shape index (κ3) is 5.79. The summed E-state index contributed by atoms with van der Waals surface area (Å²) in [5.74, 6) is 3.06. The second-order valence-electron chi connectivity index (χ2n) is 6.95. The Kier molecular flexibility index (Phi) is 9.57. The minimum absolute atomic E-state index is 0. The van der Waals surface area contributed by atoms with Gasteiger partial charge in [0, 0.05) is 51.4 Å². The molecule has 0 saturated carbocycles. The standard InChI is InChI=1S/C20H32N4O4.HI/c1-21-20(24-6-5-15(14-24)23-7-9-28-10-8-23)22-13-17-18(26-3)11-16(25-2)12-19(17)27-4;/h11-12,15H,5-10,13-14H2,1-4H3,(H,21,22);1H. The molecule has 29 heavy (non-hydrogen) atoms. The first-order valence-electron chi connectivity index (χ1n) is 9.76. The summed E-state index contributed by atoms with van der Waals surface area (Å²) in [6.45, 7) is 6.24. The first kappa shape index (κ1) is 23.8. The summed E-state index contributed by atoms with van der Waals surface area (Å²) in [4.78, 5) is 9.35. The molecule has 0 aliphatic carbocycles. The zero-order valence-electron chi connectivity index (χ0n) is 17.8. The highest BCUT2D eigenvalue weighted by atomic mass is 127. The van der Waals surface area contributed by atoms with Gasteiger partial charge in [0.25, 0.3) is 0 Å². The Morgan fingerprint density at radius 3 is 2.31 bits per heavy atom. The van der Waals surface area contributed by atoms with Crippen molar-refractivity contribution in [2.24, 2.45) is 4.99 Å². The molecule has 2 heterocycles. The molecule has 8 nitrogen and oxygen atoms in total. The minimum atomic E-state index is 0. The Morgan fingerprint density at radius 1 is 1.10 bits per heavy atom. The van der Waals surface area contributed by atoms with Crippen LogP contribution in [0.5, 0.6) is 17.2 Å². The lowest BCUT2D eigenvalue weighted by Crippen LogP contribution is -2.46. The number of benzene rings is 1. The lowest BCUT2D eigenvalue weighted by atomic mass is 10.1. The van der Waals surface area contributed by atoms with E-state index in [1.54, 1.807) is 21.3 Å². The van der Waals surface area contributed by atoms with Crippen molar-refractivity contribution < 1.29 is 18.9 Å². The quantitative estimate of drug-likeness (QED) is 0.349. The number of hydrogen-bond donors (Lipinski definition) is 1. The smallest absolute Gasteiger partial charge is 0.193 e. The summed E-state index contributed by atoms with van der Waals surface area (Å²) >= 11 is 0. The molecule has 1 atom stereocenters. The maximum atomic E-state index is 5.55. The molecule has 0 aromatic heterocycles. The number of likely N-dealkylation sites (tertiary alicyclic amines) is 1. The Bertz CT molecular complexity index is 657. The normalized spacial score (nSPS) is 20.2. The van der Waals surface area contributed by atoms with Crippen LogP contribution in [0.1, 0.15) is 12.0 Å². The molecule has 2 fully saturated rings. The van der Waals surface area contributed by atoms with Gasteiger partial charge < -0.3 is 29.2 Å². The molecule has 0 spiro atoms. The zero-order valence-corrected chi connectivity index (χ0v) is 20.1. The molecule has 1 aromatic rings. The van der Waals surface area contributed by atoms with E-state index in [-0.39, 0.29) is 24.0 Å². The molecule has 9 heteroatoms. The third-order valence-electron chi connectivity index (χ3n) is 5.48. The van der Waals surface area contributed by atoms with Crippen molar-refractivity contribution in [3.05, 3.63) is 17.7 Å². The van der Waals surface area contributed by atoms with Crippen LogP contribution in [0.2, 0.25) is 0 Å². The van der Waals surface area contributed by atoms with Crippen molar-refractivity contribution in [2.75, 3.05) is 67.8 Å². The van der Waals surface area contributed by atoms with E-state index in [1.165, 1.54) is 0 Å². The Hall–Kier alpha value is -1.46. The average molecular weight is 520 g/mol. The highest BCUT2D eigenvalue weighted by Gasteiger charge is 2.30. The second kappa shape index (κ2) is 11.7.